The Hall–Kier alpha value is -1.85. The molecule has 0 spiro atoms. The molecule has 1 aliphatic heterocycles. The van der Waals surface area contributed by atoms with Gasteiger partial charge >= 0.3 is 0 Å². The summed E-state index contributed by atoms with van der Waals surface area (Å²) in [5.41, 5.74) is 7.09. The Balaban J connectivity index is 1.77. The standard InChI is InChI=1S/C15H17ClN4O/c16-13-2-1-3-14(6-13)20-10-12(8-18-20)15(21)19-5-4-11(7-17)9-19/h1-3,6,8,10-11H,4-5,7,9,17H2/t11-/m0/s1. The van der Waals surface area contributed by atoms with Crippen LogP contribution in [0.5, 0.6) is 0 Å². The second-order valence-corrected chi connectivity index (χ2v) is 5.73. The van der Waals surface area contributed by atoms with Crippen LogP contribution >= 0.6 is 11.6 Å². The number of benzene rings is 1. The highest BCUT2D eigenvalue weighted by molar-refractivity contribution is 6.30. The van der Waals surface area contributed by atoms with E-state index in [0.29, 0.717) is 23.0 Å². The first kappa shape index (κ1) is 14.1. The fourth-order valence-electron chi connectivity index (χ4n) is 2.59. The summed E-state index contributed by atoms with van der Waals surface area (Å²) < 4.78 is 1.66. The summed E-state index contributed by atoms with van der Waals surface area (Å²) in [5, 5.41) is 4.89. The Bertz CT molecular complexity index is 655. The normalized spacial score (nSPS) is 18.2. The highest BCUT2D eigenvalue weighted by Gasteiger charge is 2.26. The average molecular weight is 305 g/mol. The minimum atomic E-state index is 0.0132. The van der Waals surface area contributed by atoms with Gasteiger partial charge in [0.05, 0.1) is 17.4 Å². The second kappa shape index (κ2) is 5.87. The third-order valence-corrected chi connectivity index (χ3v) is 4.04. The number of carbonyl (C=O) groups excluding carboxylic acids is 1. The van der Waals surface area contributed by atoms with Gasteiger partial charge in [-0.3, -0.25) is 4.79 Å². The first-order chi connectivity index (χ1) is 10.2. The Labute approximate surface area is 128 Å². The van der Waals surface area contributed by atoms with Gasteiger partial charge in [0.1, 0.15) is 0 Å². The summed E-state index contributed by atoms with van der Waals surface area (Å²) in [4.78, 5) is 14.3. The van der Waals surface area contributed by atoms with Crippen LogP contribution in [-0.4, -0.2) is 40.2 Å². The van der Waals surface area contributed by atoms with Crippen molar-refractivity contribution in [1.29, 1.82) is 0 Å². The Morgan fingerprint density at radius 1 is 1.48 bits per heavy atom. The van der Waals surface area contributed by atoms with Crippen LogP contribution < -0.4 is 5.73 Å². The number of halogens is 1. The molecule has 1 fully saturated rings. The van der Waals surface area contributed by atoms with Crippen LogP contribution in [-0.2, 0) is 0 Å². The lowest BCUT2D eigenvalue weighted by molar-refractivity contribution is 0.0787. The van der Waals surface area contributed by atoms with Gasteiger partial charge in [0.25, 0.3) is 5.91 Å². The Morgan fingerprint density at radius 3 is 3.05 bits per heavy atom. The Morgan fingerprint density at radius 2 is 2.33 bits per heavy atom. The SMILES string of the molecule is NC[C@@H]1CCN(C(=O)c2cnn(-c3cccc(Cl)c3)c2)C1. The van der Waals surface area contributed by atoms with Crippen LogP contribution in [0.1, 0.15) is 16.8 Å². The summed E-state index contributed by atoms with van der Waals surface area (Å²) in [6.07, 6.45) is 4.31. The van der Waals surface area contributed by atoms with Crippen molar-refractivity contribution in [2.45, 2.75) is 6.42 Å². The van der Waals surface area contributed by atoms with E-state index in [1.807, 2.05) is 23.1 Å². The highest BCUT2D eigenvalue weighted by Crippen LogP contribution is 2.19. The van der Waals surface area contributed by atoms with Gasteiger partial charge in [-0.25, -0.2) is 4.68 Å². The van der Waals surface area contributed by atoms with Crippen molar-refractivity contribution in [3.63, 3.8) is 0 Å². The molecule has 1 aliphatic rings. The van der Waals surface area contributed by atoms with E-state index in [1.165, 1.54) is 0 Å². The minimum Gasteiger partial charge on any atom is -0.338 e. The predicted molar refractivity (Wildman–Crippen MR) is 81.6 cm³/mol. The fraction of sp³-hybridized carbons (Fsp3) is 0.333. The zero-order valence-electron chi connectivity index (χ0n) is 11.6. The molecule has 1 atom stereocenters. The van der Waals surface area contributed by atoms with Crippen molar-refractivity contribution < 1.29 is 4.79 Å². The van der Waals surface area contributed by atoms with E-state index in [-0.39, 0.29) is 5.91 Å². The number of aromatic nitrogens is 2. The summed E-state index contributed by atoms with van der Waals surface area (Å²) in [6.45, 7) is 2.13. The minimum absolute atomic E-state index is 0.0132. The average Bonchev–Trinajstić information content (AvgIpc) is 3.16. The second-order valence-electron chi connectivity index (χ2n) is 5.30. The molecule has 2 N–H and O–H groups in total. The fourth-order valence-corrected chi connectivity index (χ4v) is 2.77. The van der Waals surface area contributed by atoms with Crippen molar-refractivity contribution in [3.8, 4) is 5.69 Å². The quantitative estimate of drug-likeness (QED) is 0.942. The lowest BCUT2D eigenvalue weighted by atomic mass is 10.1. The topological polar surface area (TPSA) is 64.2 Å². The number of nitrogens with zero attached hydrogens (tertiary/aromatic N) is 3. The van der Waals surface area contributed by atoms with E-state index >= 15 is 0 Å². The van der Waals surface area contributed by atoms with E-state index in [2.05, 4.69) is 5.10 Å². The van der Waals surface area contributed by atoms with Crippen molar-refractivity contribution in [1.82, 2.24) is 14.7 Å². The number of amides is 1. The largest absolute Gasteiger partial charge is 0.338 e. The van der Waals surface area contributed by atoms with Crippen LogP contribution in [0.15, 0.2) is 36.7 Å². The number of hydrogen-bond donors (Lipinski definition) is 1. The van der Waals surface area contributed by atoms with Crippen molar-refractivity contribution in [2.24, 2.45) is 11.7 Å². The lowest BCUT2D eigenvalue weighted by Crippen LogP contribution is -2.29. The first-order valence-electron chi connectivity index (χ1n) is 6.97. The lowest BCUT2D eigenvalue weighted by Gasteiger charge is -2.14. The van der Waals surface area contributed by atoms with Crippen LogP contribution in [0.4, 0.5) is 0 Å². The molecule has 2 aromatic rings. The maximum Gasteiger partial charge on any atom is 0.257 e. The zero-order valence-corrected chi connectivity index (χ0v) is 12.3. The number of nitrogens with two attached hydrogens (primary N) is 1. The highest BCUT2D eigenvalue weighted by atomic mass is 35.5. The molecule has 21 heavy (non-hydrogen) atoms. The molecule has 0 bridgehead atoms. The monoisotopic (exact) mass is 304 g/mol. The van der Waals surface area contributed by atoms with Gasteiger partial charge in [0.2, 0.25) is 0 Å². The maximum atomic E-state index is 12.4. The molecular formula is C15H17ClN4O. The molecule has 1 saturated heterocycles. The maximum absolute atomic E-state index is 12.4. The smallest absolute Gasteiger partial charge is 0.257 e. The third-order valence-electron chi connectivity index (χ3n) is 3.81. The van der Waals surface area contributed by atoms with Gasteiger partial charge in [-0.1, -0.05) is 17.7 Å². The summed E-state index contributed by atoms with van der Waals surface area (Å²) >= 11 is 5.97. The molecule has 0 radical (unpaired) electrons. The predicted octanol–water partition coefficient (Wildman–Crippen LogP) is 1.95. The van der Waals surface area contributed by atoms with E-state index in [0.717, 1.165) is 25.2 Å². The number of hydrogen-bond acceptors (Lipinski definition) is 3. The molecule has 0 unspecified atom stereocenters. The van der Waals surface area contributed by atoms with Crippen LogP contribution in [0.3, 0.4) is 0 Å². The molecule has 3 rings (SSSR count). The number of rotatable bonds is 3. The first-order valence-corrected chi connectivity index (χ1v) is 7.35. The van der Waals surface area contributed by atoms with Crippen LogP contribution in [0.2, 0.25) is 5.02 Å². The van der Waals surface area contributed by atoms with E-state index in [4.69, 9.17) is 17.3 Å². The van der Waals surface area contributed by atoms with E-state index in [9.17, 15) is 4.79 Å². The number of likely N-dealkylation sites (tertiary alicyclic amines) is 1. The summed E-state index contributed by atoms with van der Waals surface area (Å²) in [6, 6.07) is 7.36. The molecular weight excluding hydrogens is 288 g/mol. The van der Waals surface area contributed by atoms with Gasteiger partial charge in [-0.15, -0.1) is 0 Å². The van der Waals surface area contributed by atoms with E-state index in [1.54, 1.807) is 23.1 Å². The van der Waals surface area contributed by atoms with Crippen LogP contribution in [0, 0.1) is 5.92 Å². The van der Waals surface area contributed by atoms with Crippen molar-refractivity contribution in [2.75, 3.05) is 19.6 Å². The molecule has 2 heterocycles. The molecule has 6 heteroatoms. The summed E-state index contributed by atoms with van der Waals surface area (Å²) in [7, 11) is 0. The molecule has 110 valence electrons. The summed E-state index contributed by atoms with van der Waals surface area (Å²) in [5.74, 6) is 0.427. The van der Waals surface area contributed by atoms with Crippen LogP contribution in [0.25, 0.3) is 5.69 Å². The van der Waals surface area contributed by atoms with Gasteiger partial charge in [-0.05, 0) is 37.1 Å². The van der Waals surface area contributed by atoms with Crippen molar-refractivity contribution in [3.05, 3.63) is 47.2 Å². The molecule has 5 nitrogen and oxygen atoms in total. The number of carbonyl (C=O) groups is 1. The van der Waals surface area contributed by atoms with Gasteiger partial charge in [-0.2, -0.15) is 5.10 Å². The molecule has 0 aliphatic carbocycles. The zero-order chi connectivity index (χ0) is 14.8. The molecule has 1 aromatic heterocycles. The van der Waals surface area contributed by atoms with Gasteiger partial charge < -0.3 is 10.6 Å². The Kier molecular flexibility index (Phi) is 3.94. The molecule has 0 saturated carbocycles. The third kappa shape index (κ3) is 2.94. The van der Waals surface area contributed by atoms with Gasteiger partial charge in [0.15, 0.2) is 0 Å². The molecule has 1 aromatic carbocycles. The van der Waals surface area contributed by atoms with Crippen molar-refractivity contribution >= 4 is 17.5 Å². The van der Waals surface area contributed by atoms with E-state index < -0.39 is 0 Å². The molecule has 1 amide bonds. The van der Waals surface area contributed by atoms with Gasteiger partial charge in [0, 0.05) is 24.3 Å².